The Hall–Kier alpha value is -6.68. The van der Waals surface area contributed by atoms with Crippen LogP contribution in [-0.4, -0.2) is 149 Å². The first-order valence-corrected chi connectivity index (χ1v) is 26.0. The number of piperidine rings is 2. The fourth-order valence-corrected chi connectivity index (χ4v) is 12.1. The fraction of sp³-hybridized carbons (Fsp3) is 0.500. The lowest BCUT2D eigenvalue weighted by molar-refractivity contribution is -0.120. The fourth-order valence-electron chi connectivity index (χ4n) is 12.1. The van der Waals surface area contributed by atoms with Gasteiger partial charge >= 0.3 is 12.0 Å². The van der Waals surface area contributed by atoms with Crippen molar-refractivity contribution in [1.29, 1.82) is 0 Å². The molecule has 4 amide bonds. The SMILES string of the molecule is C#Cc1c(F)ccc2cc(O)cc(-c3ncc4c(N5CCC[C@@](C)(O)C5)nc(OCC(C)CN5CCN(CC6CCC7(CC6)CCN(C(=O)c6ccc(OC)c(N8CCC(=O)NC8=O)c6)CC7)CC5)nc4c3F)c12. The molecule has 6 heterocycles. The molecule has 0 radical (unpaired) electrons. The average molecular weight is 1010 g/mol. The van der Waals surface area contributed by atoms with E-state index in [-0.39, 0.29) is 88.7 Å². The van der Waals surface area contributed by atoms with Gasteiger partial charge in [0.15, 0.2) is 5.82 Å². The number of anilines is 2. The number of phenols is 1. The number of ether oxygens (including phenoxy) is 2. The number of halogens is 2. The number of benzene rings is 3. The molecule has 5 aliphatic rings. The second kappa shape index (κ2) is 20.9. The predicted molar refractivity (Wildman–Crippen MR) is 277 cm³/mol. The van der Waals surface area contributed by atoms with Crippen molar-refractivity contribution in [2.75, 3.05) is 95.5 Å². The number of rotatable bonds is 12. The van der Waals surface area contributed by atoms with Gasteiger partial charge in [0.25, 0.3) is 5.91 Å². The van der Waals surface area contributed by atoms with Crippen molar-refractivity contribution in [2.24, 2.45) is 17.3 Å². The van der Waals surface area contributed by atoms with Gasteiger partial charge in [0.2, 0.25) is 5.91 Å². The number of methoxy groups -OCH3 is 1. The Labute approximate surface area is 430 Å². The third-order valence-corrected chi connectivity index (χ3v) is 16.2. The van der Waals surface area contributed by atoms with E-state index in [1.807, 2.05) is 9.80 Å². The number of carbonyl (C=O) groups excluding carboxylic acids is 3. The lowest BCUT2D eigenvalue weighted by Crippen LogP contribution is -2.50. The van der Waals surface area contributed by atoms with E-state index in [1.165, 1.54) is 68.2 Å². The number of urea groups is 1. The molecule has 3 aromatic carbocycles. The van der Waals surface area contributed by atoms with E-state index in [2.05, 4.69) is 37.9 Å². The summed E-state index contributed by atoms with van der Waals surface area (Å²) in [5.74, 6) is 1.97. The summed E-state index contributed by atoms with van der Waals surface area (Å²) in [5.41, 5.74) is 0.0693. The Kier molecular flexibility index (Phi) is 14.4. The minimum Gasteiger partial charge on any atom is -0.508 e. The number of nitrogens with one attached hydrogen (secondary N) is 1. The molecule has 1 spiro atoms. The van der Waals surface area contributed by atoms with Gasteiger partial charge in [0.05, 0.1) is 36.0 Å². The molecule has 1 saturated carbocycles. The Bertz CT molecular complexity index is 3010. The molecule has 1 unspecified atom stereocenters. The van der Waals surface area contributed by atoms with E-state index in [1.54, 1.807) is 25.1 Å². The number of imide groups is 1. The molecule has 74 heavy (non-hydrogen) atoms. The van der Waals surface area contributed by atoms with Crippen molar-refractivity contribution in [3.05, 3.63) is 71.4 Å². The number of hydrogen-bond donors (Lipinski definition) is 3. The smallest absolute Gasteiger partial charge is 0.328 e. The third-order valence-electron chi connectivity index (χ3n) is 16.2. The van der Waals surface area contributed by atoms with Crippen LogP contribution in [0.25, 0.3) is 32.9 Å². The standard InChI is InChI=1S/C56H65F2N9O7/c1-5-40-43(57)9-7-37-27-39(68)29-41(47(37)40)49-48(58)50-42(30-59-49)51(66-19-6-14-55(3,72)34-66)62-53(61-50)74-33-35(2)31-63-23-25-64(26-24-63)32-36-11-15-56(16-12-36)17-21-65(22-18-56)52(70)38-8-10-45(73-4)44(28-38)67-20-13-46(69)60-54(67)71/h1,7-10,27-30,35-36,68,72H,6,11-26,31-34H2,2-4H3,(H,60,69,71)/t35?,55-/m1/s1. The number of carbonyl (C=O) groups is 3. The van der Waals surface area contributed by atoms with Crippen molar-refractivity contribution in [3.63, 3.8) is 0 Å². The van der Waals surface area contributed by atoms with Gasteiger partial charge in [-0.3, -0.25) is 24.8 Å². The molecule has 1 aliphatic carbocycles. The van der Waals surface area contributed by atoms with Gasteiger partial charge in [-0.15, -0.1) is 6.42 Å². The first-order valence-electron chi connectivity index (χ1n) is 26.0. The molecule has 16 nitrogen and oxygen atoms in total. The van der Waals surface area contributed by atoms with Crippen molar-refractivity contribution in [3.8, 4) is 41.1 Å². The minimum atomic E-state index is -0.991. The summed E-state index contributed by atoms with van der Waals surface area (Å²) in [4.78, 5) is 62.4. The second-order valence-electron chi connectivity index (χ2n) is 21.6. The van der Waals surface area contributed by atoms with Crippen molar-refractivity contribution < 1.29 is 42.9 Å². The van der Waals surface area contributed by atoms with Crippen LogP contribution in [0.1, 0.15) is 87.6 Å². The molecular formula is C56H65F2N9O7. The highest BCUT2D eigenvalue weighted by Crippen LogP contribution is 2.47. The highest BCUT2D eigenvalue weighted by atomic mass is 19.1. The normalized spacial score (nSPS) is 21.5. The number of piperazine rings is 1. The van der Waals surface area contributed by atoms with Crippen LogP contribution in [0.15, 0.2) is 48.7 Å². The highest BCUT2D eigenvalue weighted by molar-refractivity contribution is 6.07. The lowest BCUT2D eigenvalue weighted by Gasteiger charge is -2.47. The largest absolute Gasteiger partial charge is 0.508 e. The highest BCUT2D eigenvalue weighted by Gasteiger charge is 2.40. The quantitative estimate of drug-likeness (QED) is 0.106. The number of nitrogens with zero attached hydrogens (tertiary/aromatic N) is 8. The molecule has 2 aromatic heterocycles. The van der Waals surface area contributed by atoms with Gasteiger partial charge in [-0.05, 0) is 111 Å². The van der Waals surface area contributed by atoms with Crippen LogP contribution < -0.4 is 24.6 Å². The molecule has 10 rings (SSSR count). The summed E-state index contributed by atoms with van der Waals surface area (Å²) in [7, 11) is 1.52. The number of aromatic hydroxyl groups is 1. The maximum atomic E-state index is 17.0. The van der Waals surface area contributed by atoms with Crippen LogP contribution in [-0.2, 0) is 4.79 Å². The van der Waals surface area contributed by atoms with Gasteiger partial charge in [-0.2, -0.15) is 9.97 Å². The van der Waals surface area contributed by atoms with E-state index >= 15 is 8.78 Å². The molecular weight excluding hydrogens is 949 g/mol. The van der Waals surface area contributed by atoms with Crippen molar-refractivity contribution in [2.45, 2.75) is 77.2 Å². The maximum Gasteiger partial charge on any atom is 0.328 e. The summed E-state index contributed by atoms with van der Waals surface area (Å²) < 4.78 is 43.8. The number of fused-ring (bicyclic) bond motifs is 2. The number of aromatic nitrogens is 3. The van der Waals surface area contributed by atoms with E-state index < -0.39 is 23.3 Å². The molecule has 18 heteroatoms. The van der Waals surface area contributed by atoms with E-state index in [9.17, 15) is 24.6 Å². The molecule has 4 saturated heterocycles. The van der Waals surface area contributed by atoms with Crippen LogP contribution in [0.3, 0.4) is 0 Å². The van der Waals surface area contributed by atoms with Crippen molar-refractivity contribution >= 4 is 51.0 Å². The average Bonchev–Trinajstić information content (AvgIpc) is 3.39. The number of β-amino-alcohol motifs (C(OH)–C–C–N with tert-alkyl or cyclic N) is 1. The zero-order valence-electron chi connectivity index (χ0n) is 42.5. The monoisotopic (exact) mass is 1010 g/mol. The number of phenolic OH excluding ortho intramolecular Hbond substituents is 1. The van der Waals surface area contributed by atoms with Crippen LogP contribution in [0, 0.1) is 41.2 Å². The number of amides is 4. The summed E-state index contributed by atoms with van der Waals surface area (Å²) in [6.45, 7) is 12.3. The minimum absolute atomic E-state index is 0.0101. The number of likely N-dealkylation sites (tertiary alicyclic amines) is 1. The first-order chi connectivity index (χ1) is 35.6. The first kappa shape index (κ1) is 50.8. The van der Waals surface area contributed by atoms with E-state index in [0.29, 0.717) is 72.0 Å². The van der Waals surface area contributed by atoms with Crippen molar-refractivity contribution in [1.82, 2.24) is 35.0 Å². The Morgan fingerprint density at radius 1 is 0.959 bits per heavy atom. The number of pyridine rings is 1. The Balaban J connectivity index is 0.728. The number of aliphatic hydroxyl groups is 1. The van der Waals surface area contributed by atoms with Gasteiger partial charge in [0, 0.05) is 107 Å². The van der Waals surface area contributed by atoms with Gasteiger partial charge in [0.1, 0.15) is 34.3 Å². The molecule has 3 N–H and O–H groups in total. The van der Waals surface area contributed by atoms with Crippen LogP contribution in [0.4, 0.5) is 25.1 Å². The summed E-state index contributed by atoms with van der Waals surface area (Å²) >= 11 is 0. The van der Waals surface area contributed by atoms with E-state index in [0.717, 1.165) is 52.1 Å². The van der Waals surface area contributed by atoms with Gasteiger partial charge in [-0.1, -0.05) is 18.9 Å². The molecule has 2 atom stereocenters. The molecule has 390 valence electrons. The zero-order valence-corrected chi connectivity index (χ0v) is 42.5. The zero-order chi connectivity index (χ0) is 51.9. The topological polar surface area (TPSA) is 177 Å². The Morgan fingerprint density at radius 3 is 2.43 bits per heavy atom. The number of hydrogen-bond acceptors (Lipinski definition) is 13. The van der Waals surface area contributed by atoms with Crippen LogP contribution in [0.5, 0.6) is 17.5 Å². The summed E-state index contributed by atoms with van der Waals surface area (Å²) in [6.07, 6.45) is 15.3. The van der Waals surface area contributed by atoms with Gasteiger partial charge in [-0.25, -0.2) is 13.6 Å². The number of terminal acetylenes is 1. The predicted octanol–water partition coefficient (Wildman–Crippen LogP) is 7.36. The maximum absolute atomic E-state index is 17.0. The third kappa shape index (κ3) is 10.5. The van der Waals surface area contributed by atoms with Crippen LogP contribution >= 0.6 is 0 Å². The second-order valence-corrected chi connectivity index (χ2v) is 21.6. The molecule has 5 fully saturated rings. The Morgan fingerprint density at radius 2 is 1.72 bits per heavy atom. The summed E-state index contributed by atoms with van der Waals surface area (Å²) in [6, 6.07) is 10.1. The summed E-state index contributed by atoms with van der Waals surface area (Å²) in [5, 5.41) is 25.1. The lowest BCUT2D eigenvalue weighted by atomic mass is 9.65. The van der Waals surface area contributed by atoms with Gasteiger partial charge < -0.3 is 39.3 Å². The molecule has 5 aromatic rings. The van der Waals surface area contributed by atoms with Crippen LogP contribution in [0.2, 0.25) is 0 Å². The van der Waals surface area contributed by atoms with E-state index in [4.69, 9.17) is 20.9 Å². The molecule has 0 bridgehead atoms. The molecule has 4 aliphatic heterocycles.